The van der Waals surface area contributed by atoms with E-state index in [1.54, 1.807) is 0 Å². The Morgan fingerprint density at radius 2 is 2.07 bits per heavy atom. The first-order valence-electron chi connectivity index (χ1n) is 5.65. The van der Waals surface area contributed by atoms with Crippen LogP contribution in [0, 0.1) is 11.8 Å². The van der Waals surface area contributed by atoms with Crippen LogP contribution in [0.25, 0.3) is 0 Å². The lowest BCUT2D eigenvalue weighted by Crippen LogP contribution is -2.33. The van der Waals surface area contributed by atoms with Gasteiger partial charge in [-0.25, -0.2) is 0 Å². The van der Waals surface area contributed by atoms with E-state index in [1.165, 1.54) is 12.8 Å². The van der Waals surface area contributed by atoms with Crippen molar-refractivity contribution in [2.75, 3.05) is 18.6 Å². The third kappa shape index (κ3) is 4.56. The summed E-state index contributed by atoms with van der Waals surface area (Å²) in [6.07, 6.45) is 3.74. The van der Waals surface area contributed by atoms with Crippen LogP contribution in [-0.4, -0.2) is 28.8 Å². The fourth-order valence-electron chi connectivity index (χ4n) is 1.60. The Bertz CT molecular complexity index is 190. The highest BCUT2D eigenvalue weighted by atomic mass is 32.2. The van der Waals surface area contributed by atoms with Crippen molar-refractivity contribution in [1.82, 2.24) is 5.32 Å². The van der Waals surface area contributed by atoms with E-state index in [-0.39, 0.29) is 0 Å². The van der Waals surface area contributed by atoms with Gasteiger partial charge in [-0.2, -0.15) is 0 Å². The molecule has 0 aromatic carbocycles. The number of hydrogen-bond acceptors (Lipinski definition) is 2. The fourth-order valence-corrected chi connectivity index (χ4v) is 3.34. The third-order valence-electron chi connectivity index (χ3n) is 2.85. The Morgan fingerprint density at radius 1 is 1.43 bits per heavy atom. The van der Waals surface area contributed by atoms with Crippen molar-refractivity contribution in [3.8, 4) is 0 Å². The quantitative estimate of drug-likeness (QED) is 0.704. The number of nitrogens with one attached hydrogen (secondary N) is 1. The lowest BCUT2D eigenvalue weighted by Gasteiger charge is -2.14. The van der Waals surface area contributed by atoms with Crippen LogP contribution in [0.3, 0.4) is 0 Å². The molecule has 1 N–H and O–H groups in total. The normalized spacial score (nSPS) is 21.1. The Morgan fingerprint density at radius 3 is 2.50 bits per heavy atom. The van der Waals surface area contributed by atoms with Gasteiger partial charge in [-0.15, -0.1) is 0 Å². The van der Waals surface area contributed by atoms with Crippen LogP contribution in [-0.2, 0) is 10.8 Å². The molecular formula is C11H23NOS. The average molecular weight is 217 g/mol. The first-order chi connectivity index (χ1) is 6.63. The van der Waals surface area contributed by atoms with E-state index in [0.29, 0.717) is 12.0 Å². The molecule has 0 saturated heterocycles. The first-order valence-corrected chi connectivity index (χ1v) is 7.14. The van der Waals surface area contributed by atoms with Crippen LogP contribution in [0.15, 0.2) is 0 Å². The summed E-state index contributed by atoms with van der Waals surface area (Å²) < 4.78 is 11.7. The van der Waals surface area contributed by atoms with Crippen molar-refractivity contribution in [2.45, 2.75) is 39.2 Å². The molecule has 0 bridgehead atoms. The second-order valence-electron chi connectivity index (χ2n) is 4.73. The molecule has 2 atom stereocenters. The second kappa shape index (κ2) is 5.86. The van der Waals surface area contributed by atoms with Gasteiger partial charge in [0.1, 0.15) is 0 Å². The predicted octanol–water partition coefficient (Wildman–Crippen LogP) is 1.78. The summed E-state index contributed by atoms with van der Waals surface area (Å²) in [6, 6.07) is 0.503. The molecule has 2 unspecified atom stereocenters. The molecule has 1 aliphatic rings. The maximum absolute atomic E-state index is 11.7. The van der Waals surface area contributed by atoms with Gasteiger partial charge in [0.15, 0.2) is 0 Å². The van der Waals surface area contributed by atoms with E-state index >= 15 is 0 Å². The first kappa shape index (κ1) is 12.2. The topological polar surface area (TPSA) is 29.1 Å². The molecule has 1 saturated carbocycles. The molecule has 0 spiro atoms. The summed E-state index contributed by atoms with van der Waals surface area (Å²) in [5.74, 6) is 3.21. The van der Waals surface area contributed by atoms with E-state index < -0.39 is 10.8 Å². The summed E-state index contributed by atoms with van der Waals surface area (Å²) in [7, 11) is 1.38. The molecule has 0 aliphatic heterocycles. The molecule has 1 fully saturated rings. The van der Waals surface area contributed by atoms with Gasteiger partial charge in [0.25, 0.3) is 0 Å². The Balaban J connectivity index is 2.17. The monoisotopic (exact) mass is 217 g/mol. The Kier molecular flexibility index (Phi) is 5.10. The van der Waals surface area contributed by atoms with Crippen molar-refractivity contribution < 1.29 is 4.21 Å². The largest absolute Gasteiger partial charge is 0.316 e. The van der Waals surface area contributed by atoms with Gasteiger partial charge in [0.2, 0.25) is 0 Å². The van der Waals surface area contributed by atoms with Crippen molar-refractivity contribution in [3.63, 3.8) is 0 Å². The molecule has 1 aliphatic carbocycles. The zero-order chi connectivity index (χ0) is 10.6. The number of hydrogen-bond donors (Lipinski definition) is 1. The Labute approximate surface area is 90.3 Å². The van der Waals surface area contributed by atoms with Gasteiger partial charge in [-0.1, -0.05) is 13.8 Å². The van der Waals surface area contributed by atoms with E-state index in [4.69, 9.17) is 0 Å². The lowest BCUT2D eigenvalue weighted by atomic mass is 10.2. The van der Waals surface area contributed by atoms with Crippen molar-refractivity contribution >= 4 is 10.8 Å². The van der Waals surface area contributed by atoms with Crippen molar-refractivity contribution in [3.05, 3.63) is 0 Å². The molecule has 0 heterocycles. The Hall–Kier alpha value is 0.110. The molecule has 0 amide bonds. The highest BCUT2D eigenvalue weighted by Crippen LogP contribution is 2.32. The summed E-state index contributed by atoms with van der Waals surface area (Å²) in [5, 5.41) is 3.29. The van der Waals surface area contributed by atoms with Crippen LogP contribution in [0.1, 0.15) is 33.1 Å². The highest BCUT2D eigenvalue weighted by molar-refractivity contribution is 7.85. The molecule has 84 valence electrons. The average Bonchev–Trinajstić information content (AvgIpc) is 2.94. The smallest absolute Gasteiger partial charge is 0.0391 e. The van der Waals surface area contributed by atoms with Crippen LogP contribution in [0.4, 0.5) is 0 Å². The maximum Gasteiger partial charge on any atom is 0.0391 e. The maximum atomic E-state index is 11.7. The molecular weight excluding hydrogens is 194 g/mol. The SMILES string of the molecule is CNC(CS(=O)CCC(C)C)C1CC1. The highest BCUT2D eigenvalue weighted by Gasteiger charge is 2.30. The minimum Gasteiger partial charge on any atom is -0.316 e. The molecule has 0 aromatic rings. The van der Waals surface area contributed by atoms with E-state index in [2.05, 4.69) is 19.2 Å². The molecule has 14 heavy (non-hydrogen) atoms. The molecule has 3 heteroatoms. The fraction of sp³-hybridized carbons (Fsp3) is 1.00. The standard InChI is InChI=1S/C11H23NOS/c1-9(2)6-7-14(13)8-11(12-3)10-4-5-10/h9-12H,4-8H2,1-3H3. The van der Waals surface area contributed by atoms with Gasteiger partial charge in [0.05, 0.1) is 0 Å². The lowest BCUT2D eigenvalue weighted by molar-refractivity contribution is 0.544. The van der Waals surface area contributed by atoms with Crippen LogP contribution >= 0.6 is 0 Å². The van der Waals surface area contributed by atoms with Crippen LogP contribution < -0.4 is 5.32 Å². The van der Waals surface area contributed by atoms with Crippen LogP contribution in [0.5, 0.6) is 0 Å². The van der Waals surface area contributed by atoms with E-state index in [9.17, 15) is 4.21 Å². The van der Waals surface area contributed by atoms with Crippen LogP contribution in [0.2, 0.25) is 0 Å². The molecule has 0 radical (unpaired) electrons. The van der Waals surface area contributed by atoms with Gasteiger partial charge in [-0.3, -0.25) is 4.21 Å². The minimum atomic E-state index is -0.614. The predicted molar refractivity (Wildman–Crippen MR) is 62.9 cm³/mol. The van der Waals surface area contributed by atoms with Gasteiger partial charge >= 0.3 is 0 Å². The van der Waals surface area contributed by atoms with E-state index in [0.717, 1.165) is 23.8 Å². The minimum absolute atomic E-state index is 0.503. The molecule has 2 nitrogen and oxygen atoms in total. The summed E-state index contributed by atoms with van der Waals surface area (Å²) in [5.41, 5.74) is 0. The third-order valence-corrected chi connectivity index (χ3v) is 4.27. The van der Waals surface area contributed by atoms with E-state index in [1.807, 2.05) is 7.05 Å². The van der Waals surface area contributed by atoms with Gasteiger partial charge in [0, 0.05) is 28.3 Å². The zero-order valence-electron chi connectivity index (χ0n) is 9.58. The molecule has 1 rings (SSSR count). The summed E-state index contributed by atoms with van der Waals surface area (Å²) in [6.45, 7) is 4.38. The molecule has 0 aromatic heterocycles. The van der Waals surface area contributed by atoms with Crippen molar-refractivity contribution in [2.24, 2.45) is 11.8 Å². The van der Waals surface area contributed by atoms with Crippen molar-refractivity contribution in [1.29, 1.82) is 0 Å². The summed E-state index contributed by atoms with van der Waals surface area (Å²) >= 11 is 0. The van der Waals surface area contributed by atoms with Gasteiger partial charge < -0.3 is 5.32 Å². The van der Waals surface area contributed by atoms with Gasteiger partial charge in [-0.05, 0) is 38.1 Å². The zero-order valence-corrected chi connectivity index (χ0v) is 10.4. The number of rotatable bonds is 7. The summed E-state index contributed by atoms with van der Waals surface area (Å²) in [4.78, 5) is 0. The second-order valence-corrected chi connectivity index (χ2v) is 6.35.